The number of para-hydroxylation sites is 2. The van der Waals surface area contributed by atoms with Gasteiger partial charge in [-0.25, -0.2) is 10.4 Å². The summed E-state index contributed by atoms with van der Waals surface area (Å²) in [6, 6.07) is 11.7. The zero-order chi connectivity index (χ0) is 15.4. The fourth-order valence-electron chi connectivity index (χ4n) is 1.85. The number of rotatable bonds is 5. The molecule has 0 bridgehead atoms. The van der Waals surface area contributed by atoms with E-state index in [1.165, 1.54) is 11.8 Å². The van der Waals surface area contributed by atoms with Crippen molar-refractivity contribution in [1.82, 2.24) is 15.4 Å². The number of amides is 1. The number of hydrogen-bond acceptors (Lipinski definition) is 5. The van der Waals surface area contributed by atoms with E-state index in [9.17, 15) is 4.79 Å². The van der Waals surface area contributed by atoms with Crippen LogP contribution in [0.1, 0.15) is 11.8 Å². The fraction of sp³-hybridized carbons (Fsp3) is 0.133. The number of aromatic amines is 1. The molecule has 7 heteroatoms. The molecule has 0 spiro atoms. The van der Waals surface area contributed by atoms with Gasteiger partial charge < -0.3 is 4.98 Å². The molecule has 0 saturated heterocycles. The number of imidazole rings is 1. The lowest BCUT2D eigenvalue weighted by Crippen LogP contribution is -2.21. The van der Waals surface area contributed by atoms with Gasteiger partial charge in [-0.05, 0) is 30.5 Å². The van der Waals surface area contributed by atoms with E-state index in [1.54, 1.807) is 11.3 Å². The molecule has 112 valence electrons. The SMILES string of the molecule is C/C(=N\NC(=O)CSc1nc2ccccc2[nH]1)c1cccs1. The molecule has 0 radical (unpaired) electrons. The molecule has 0 saturated carbocycles. The van der Waals surface area contributed by atoms with Gasteiger partial charge in [0, 0.05) is 4.88 Å². The Morgan fingerprint density at radius 3 is 3.00 bits per heavy atom. The molecule has 0 unspecified atom stereocenters. The van der Waals surface area contributed by atoms with Crippen LogP contribution in [-0.2, 0) is 4.79 Å². The van der Waals surface area contributed by atoms with Crippen molar-refractivity contribution in [3.05, 3.63) is 46.7 Å². The third-order valence-electron chi connectivity index (χ3n) is 2.93. The zero-order valence-electron chi connectivity index (χ0n) is 11.9. The van der Waals surface area contributed by atoms with Gasteiger partial charge in [0.25, 0.3) is 5.91 Å². The van der Waals surface area contributed by atoms with Gasteiger partial charge in [0.1, 0.15) is 0 Å². The summed E-state index contributed by atoms with van der Waals surface area (Å²) < 4.78 is 0. The highest BCUT2D eigenvalue weighted by Gasteiger charge is 2.06. The summed E-state index contributed by atoms with van der Waals surface area (Å²) in [6.07, 6.45) is 0. The van der Waals surface area contributed by atoms with Crippen LogP contribution in [0.25, 0.3) is 11.0 Å². The second-order valence-electron chi connectivity index (χ2n) is 4.56. The lowest BCUT2D eigenvalue weighted by molar-refractivity contribution is -0.118. The number of nitrogens with zero attached hydrogens (tertiary/aromatic N) is 2. The van der Waals surface area contributed by atoms with E-state index < -0.39 is 0 Å². The average Bonchev–Trinajstić information content (AvgIpc) is 3.19. The van der Waals surface area contributed by atoms with Gasteiger partial charge in [-0.3, -0.25) is 4.79 Å². The Balaban J connectivity index is 1.55. The molecule has 5 nitrogen and oxygen atoms in total. The van der Waals surface area contributed by atoms with Crippen molar-refractivity contribution in [1.29, 1.82) is 0 Å². The highest BCUT2D eigenvalue weighted by molar-refractivity contribution is 7.99. The Hall–Kier alpha value is -2.12. The van der Waals surface area contributed by atoms with Crippen LogP contribution in [0.3, 0.4) is 0 Å². The largest absolute Gasteiger partial charge is 0.333 e. The number of carbonyl (C=O) groups is 1. The Bertz CT molecular complexity index is 775. The highest BCUT2D eigenvalue weighted by Crippen LogP contribution is 2.18. The summed E-state index contributed by atoms with van der Waals surface area (Å²) in [5, 5.41) is 6.82. The van der Waals surface area contributed by atoms with E-state index in [-0.39, 0.29) is 11.7 Å². The van der Waals surface area contributed by atoms with Crippen LogP contribution in [0.4, 0.5) is 0 Å². The Morgan fingerprint density at radius 2 is 2.23 bits per heavy atom. The first-order valence-corrected chi connectivity index (χ1v) is 8.53. The van der Waals surface area contributed by atoms with Crippen molar-refractivity contribution in [2.24, 2.45) is 5.10 Å². The van der Waals surface area contributed by atoms with Gasteiger partial charge in [0.05, 0.1) is 22.5 Å². The topological polar surface area (TPSA) is 70.1 Å². The molecule has 3 rings (SSSR count). The Morgan fingerprint density at radius 1 is 1.36 bits per heavy atom. The summed E-state index contributed by atoms with van der Waals surface area (Å²) in [5.41, 5.74) is 5.24. The first-order chi connectivity index (χ1) is 10.7. The molecule has 22 heavy (non-hydrogen) atoms. The molecule has 0 aliphatic rings. The van der Waals surface area contributed by atoms with Crippen LogP contribution < -0.4 is 5.43 Å². The van der Waals surface area contributed by atoms with Crippen molar-refractivity contribution in [2.75, 3.05) is 5.75 Å². The van der Waals surface area contributed by atoms with E-state index in [0.29, 0.717) is 0 Å². The number of H-pyrrole nitrogens is 1. The second kappa shape index (κ2) is 6.76. The third-order valence-corrected chi connectivity index (χ3v) is 4.79. The second-order valence-corrected chi connectivity index (χ2v) is 6.47. The molecule has 0 aliphatic heterocycles. The Kier molecular flexibility index (Phi) is 4.55. The molecule has 0 atom stereocenters. The summed E-state index contributed by atoms with van der Waals surface area (Å²) in [4.78, 5) is 20.5. The fourth-order valence-corrected chi connectivity index (χ4v) is 3.20. The summed E-state index contributed by atoms with van der Waals surface area (Å²) >= 11 is 2.95. The normalized spacial score (nSPS) is 11.8. The molecule has 0 aliphatic carbocycles. The average molecular weight is 330 g/mol. The van der Waals surface area contributed by atoms with Crippen molar-refractivity contribution in [2.45, 2.75) is 12.1 Å². The minimum atomic E-state index is -0.152. The first-order valence-electron chi connectivity index (χ1n) is 6.67. The van der Waals surface area contributed by atoms with E-state index >= 15 is 0 Å². The van der Waals surface area contributed by atoms with Gasteiger partial charge >= 0.3 is 0 Å². The van der Waals surface area contributed by atoms with Crippen molar-refractivity contribution in [3.8, 4) is 0 Å². The first kappa shape index (κ1) is 14.8. The van der Waals surface area contributed by atoms with Gasteiger partial charge in [0.15, 0.2) is 5.16 Å². The van der Waals surface area contributed by atoms with Crippen molar-refractivity contribution < 1.29 is 4.79 Å². The predicted octanol–water partition coefficient (Wildman–Crippen LogP) is 3.26. The van der Waals surface area contributed by atoms with E-state index in [4.69, 9.17) is 0 Å². The molecule has 2 N–H and O–H groups in total. The molecule has 1 amide bonds. The smallest absolute Gasteiger partial charge is 0.250 e. The van der Waals surface area contributed by atoms with E-state index in [2.05, 4.69) is 20.5 Å². The highest BCUT2D eigenvalue weighted by atomic mass is 32.2. The van der Waals surface area contributed by atoms with Crippen molar-refractivity contribution in [3.63, 3.8) is 0 Å². The maximum absolute atomic E-state index is 11.8. The third kappa shape index (κ3) is 3.55. The monoisotopic (exact) mass is 330 g/mol. The summed E-state index contributed by atoms with van der Waals surface area (Å²) in [6.45, 7) is 1.87. The van der Waals surface area contributed by atoms with Crippen LogP contribution >= 0.6 is 23.1 Å². The maximum atomic E-state index is 11.8. The molecule has 3 aromatic rings. The van der Waals surface area contributed by atoms with Gasteiger partial charge in [-0.2, -0.15) is 5.10 Å². The van der Waals surface area contributed by atoms with Gasteiger partial charge in [-0.1, -0.05) is 30.0 Å². The number of hydrogen-bond donors (Lipinski definition) is 2. The number of benzene rings is 1. The van der Waals surface area contributed by atoms with E-state index in [0.717, 1.165) is 26.8 Å². The number of thioether (sulfide) groups is 1. The molecular formula is C15H14N4OS2. The van der Waals surface area contributed by atoms with Crippen LogP contribution in [-0.4, -0.2) is 27.3 Å². The summed E-state index contributed by atoms with van der Waals surface area (Å²) in [7, 11) is 0. The van der Waals surface area contributed by atoms with Crippen LogP contribution in [0.5, 0.6) is 0 Å². The molecule has 0 fully saturated rings. The van der Waals surface area contributed by atoms with Crippen molar-refractivity contribution >= 4 is 45.8 Å². The lowest BCUT2D eigenvalue weighted by atomic mass is 10.3. The van der Waals surface area contributed by atoms with Gasteiger partial charge in [0.2, 0.25) is 0 Å². The van der Waals surface area contributed by atoms with Crippen LogP contribution in [0.15, 0.2) is 52.0 Å². The zero-order valence-corrected chi connectivity index (χ0v) is 13.5. The predicted molar refractivity (Wildman–Crippen MR) is 91.5 cm³/mol. The standard InChI is InChI=1S/C15H14N4OS2/c1-10(13-7-4-8-21-13)18-19-14(20)9-22-15-16-11-5-2-3-6-12(11)17-15/h2-8H,9H2,1H3,(H,16,17)(H,19,20)/b18-10+. The number of aromatic nitrogens is 2. The lowest BCUT2D eigenvalue weighted by Gasteiger charge is -2.00. The number of fused-ring (bicyclic) bond motifs is 1. The van der Waals surface area contributed by atoms with Gasteiger partial charge in [-0.15, -0.1) is 11.3 Å². The number of hydrazone groups is 1. The van der Waals surface area contributed by atoms with Crippen LogP contribution in [0.2, 0.25) is 0 Å². The number of carbonyl (C=O) groups excluding carboxylic acids is 1. The molecular weight excluding hydrogens is 316 g/mol. The maximum Gasteiger partial charge on any atom is 0.250 e. The minimum Gasteiger partial charge on any atom is -0.333 e. The number of thiophene rings is 1. The molecule has 2 aromatic heterocycles. The Labute approximate surface area is 135 Å². The summed E-state index contributed by atoms with van der Waals surface area (Å²) in [5.74, 6) is 0.113. The molecule has 2 heterocycles. The minimum absolute atomic E-state index is 0.152. The molecule has 1 aromatic carbocycles. The quantitative estimate of drug-likeness (QED) is 0.428. The van der Waals surface area contributed by atoms with Crippen LogP contribution in [0, 0.1) is 0 Å². The number of nitrogens with one attached hydrogen (secondary N) is 2. The van der Waals surface area contributed by atoms with E-state index in [1.807, 2.05) is 48.7 Å².